The van der Waals surface area contributed by atoms with Crippen molar-refractivity contribution in [1.82, 2.24) is 19.2 Å². The van der Waals surface area contributed by atoms with E-state index in [4.69, 9.17) is 9.47 Å². The molecule has 9 heteroatoms. The second kappa shape index (κ2) is 9.53. The number of benzene rings is 3. The highest BCUT2D eigenvalue weighted by molar-refractivity contribution is 5.90. The van der Waals surface area contributed by atoms with Crippen LogP contribution < -0.4 is 20.5 Å². The third-order valence-electron chi connectivity index (χ3n) is 5.78. The van der Waals surface area contributed by atoms with Crippen LogP contribution in [0.4, 0.5) is 5.69 Å². The molecular formula is C27H25N5O4. The Morgan fingerprint density at radius 1 is 1.00 bits per heavy atom. The standard InChI is InChI=1S/C27H25N5O4/c1-17(2)18-11-13-20(14-12-18)36-26-25-30-31(16-24(33)28-19-7-6-8-21(15-19)35-3)27(34)32(25)23-10-5-4-9-22(23)29-26/h4-15,17H,16H2,1-3H3,(H,28,33). The highest BCUT2D eigenvalue weighted by Gasteiger charge is 2.19. The number of hydrogen-bond acceptors (Lipinski definition) is 6. The number of fused-ring (bicyclic) bond motifs is 3. The summed E-state index contributed by atoms with van der Waals surface area (Å²) in [5.74, 6) is 1.34. The predicted octanol–water partition coefficient (Wildman–Crippen LogP) is 4.61. The Balaban J connectivity index is 1.51. The first-order valence-electron chi connectivity index (χ1n) is 11.5. The highest BCUT2D eigenvalue weighted by atomic mass is 16.5. The molecule has 36 heavy (non-hydrogen) atoms. The molecule has 0 bridgehead atoms. The summed E-state index contributed by atoms with van der Waals surface area (Å²) < 4.78 is 13.8. The minimum atomic E-state index is -0.468. The Labute approximate surface area is 206 Å². The molecule has 0 spiro atoms. The van der Waals surface area contributed by atoms with E-state index in [2.05, 4.69) is 29.2 Å². The second-order valence-corrected chi connectivity index (χ2v) is 8.61. The molecule has 3 aromatic carbocycles. The number of carbonyl (C=O) groups is 1. The molecule has 0 radical (unpaired) electrons. The van der Waals surface area contributed by atoms with Gasteiger partial charge in [0.25, 0.3) is 5.88 Å². The Hall–Kier alpha value is -4.66. The zero-order valence-corrected chi connectivity index (χ0v) is 20.1. The summed E-state index contributed by atoms with van der Waals surface area (Å²) in [6.07, 6.45) is 0. The first kappa shape index (κ1) is 23.1. The molecule has 0 fully saturated rings. The average Bonchev–Trinajstić information content (AvgIpc) is 3.20. The fraction of sp³-hybridized carbons (Fsp3) is 0.185. The maximum absolute atomic E-state index is 13.3. The molecule has 0 saturated carbocycles. The lowest BCUT2D eigenvalue weighted by molar-refractivity contribution is -0.117. The molecule has 0 aliphatic rings. The molecule has 0 saturated heterocycles. The maximum atomic E-state index is 13.3. The van der Waals surface area contributed by atoms with Crippen LogP contribution in [0, 0.1) is 0 Å². The maximum Gasteiger partial charge on any atom is 0.351 e. The van der Waals surface area contributed by atoms with Gasteiger partial charge in [0.05, 0.1) is 18.1 Å². The fourth-order valence-corrected chi connectivity index (χ4v) is 3.91. The van der Waals surface area contributed by atoms with Crippen LogP contribution in [-0.4, -0.2) is 32.2 Å². The van der Waals surface area contributed by atoms with Crippen molar-refractivity contribution in [2.24, 2.45) is 0 Å². The van der Waals surface area contributed by atoms with E-state index in [1.807, 2.05) is 36.4 Å². The minimum Gasteiger partial charge on any atom is -0.497 e. The fourth-order valence-electron chi connectivity index (χ4n) is 3.91. The lowest BCUT2D eigenvalue weighted by Crippen LogP contribution is -2.28. The summed E-state index contributed by atoms with van der Waals surface area (Å²) in [6, 6.07) is 21.9. The molecule has 2 heterocycles. The normalized spacial score (nSPS) is 11.2. The van der Waals surface area contributed by atoms with Gasteiger partial charge in [-0.3, -0.25) is 4.79 Å². The monoisotopic (exact) mass is 483 g/mol. The van der Waals surface area contributed by atoms with Gasteiger partial charge in [-0.15, -0.1) is 5.10 Å². The van der Waals surface area contributed by atoms with Crippen molar-refractivity contribution in [3.8, 4) is 17.4 Å². The van der Waals surface area contributed by atoms with E-state index in [1.54, 1.807) is 43.5 Å². The zero-order chi connectivity index (χ0) is 25.2. The molecule has 9 nitrogen and oxygen atoms in total. The van der Waals surface area contributed by atoms with Crippen LogP contribution in [0.1, 0.15) is 25.3 Å². The highest BCUT2D eigenvalue weighted by Crippen LogP contribution is 2.27. The number of methoxy groups -OCH3 is 1. The van der Waals surface area contributed by atoms with Crippen LogP contribution in [-0.2, 0) is 11.3 Å². The quantitative estimate of drug-likeness (QED) is 0.363. The molecule has 0 unspecified atom stereocenters. The van der Waals surface area contributed by atoms with E-state index in [0.29, 0.717) is 34.1 Å². The molecule has 2 aromatic heterocycles. The average molecular weight is 484 g/mol. The Bertz CT molecular complexity index is 1620. The van der Waals surface area contributed by atoms with Crippen LogP contribution in [0.15, 0.2) is 77.6 Å². The Morgan fingerprint density at radius 3 is 2.53 bits per heavy atom. The molecular weight excluding hydrogens is 458 g/mol. The van der Waals surface area contributed by atoms with Gasteiger partial charge < -0.3 is 14.8 Å². The Morgan fingerprint density at radius 2 is 1.78 bits per heavy atom. The third kappa shape index (κ3) is 4.50. The van der Waals surface area contributed by atoms with Gasteiger partial charge in [0.2, 0.25) is 11.6 Å². The number of nitrogens with zero attached hydrogens (tertiary/aromatic N) is 4. The third-order valence-corrected chi connectivity index (χ3v) is 5.78. The van der Waals surface area contributed by atoms with Gasteiger partial charge in [-0.25, -0.2) is 18.9 Å². The van der Waals surface area contributed by atoms with Gasteiger partial charge in [0, 0.05) is 11.8 Å². The van der Waals surface area contributed by atoms with Crippen molar-refractivity contribution in [3.05, 3.63) is 88.8 Å². The van der Waals surface area contributed by atoms with E-state index in [0.717, 1.165) is 4.68 Å². The molecule has 1 N–H and O–H groups in total. The van der Waals surface area contributed by atoms with Crippen LogP contribution in [0.3, 0.4) is 0 Å². The number of para-hydroxylation sites is 2. The van der Waals surface area contributed by atoms with E-state index >= 15 is 0 Å². The van der Waals surface area contributed by atoms with Crippen LogP contribution in [0.2, 0.25) is 0 Å². The number of carbonyl (C=O) groups excluding carboxylic acids is 1. The molecule has 182 valence electrons. The smallest absolute Gasteiger partial charge is 0.351 e. The number of amides is 1. The lowest BCUT2D eigenvalue weighted by Gasteiger charge is -2.09. The van der Waals surface area contributed by atoms with Gasteiger partial charge in [0.1, 0.15) is 18.0 Å². The number of nitrogens with one attached hydrogen (secondary N) is 1. The first-order valence-corrected chi connectivity index (χ1v) is 11.5. The first-order chi connectivity index (χ1) is 17.4. The van der Waals surface area contributed by atoms with Crippen molar-refractivity contribution in [2.75, 3.05) is 12.4 Å². The number of aromatic nitrogens is 4. The van der Waals surface area contributed by atoms with E-state index < -0.39 is 11.6 Å². The van der Waals surface area contributed by atoms with E-state index in [1.165, 1.54) is 9.96 Å². The van der Waals surface area contributed by atoms with E-state index in [9.17, 15) is 9.59 Å². The van der Waals surface area contributed by atoms with Crippen LogP contribution >= 0.6 is 0 Å². The summed E-state index contributed by atoms with van der Waals surface area (Å²) >= 11 is 0. The molecule has 5 rings (SSSR count). The van der Waals surface area contributed by atoms with Crippen molar-refractivity contribution in [1.29, 1.82) is 0 Å². The van der Waals surface area contributed by atoms with Crippen LogP contribution in [0.5, 0.6) is 17.4 Å². The summed E-state index contributed by atoms with van der Waals surface area (Å²) in [4.78, 5) is 30.7. The SMILES string of the molecule is COc1cccc(NC(=O)Cn2nc3c(Oc4ccc(C(C)C)cc4)nc4ccccc4n3c2=O)c1. The summed E-state index contributed by atoms with van der Waals surface area (Å²) in [7, 11) is 1.55. The topological polar surface area (TPSA) is 99.8 Å². The van der Waals surface area contributed by atoms with Crippen molar-refractivity contribution in [2.45, 2.75) is 26.3 Å². The largest absolute Gasteiger partial charge is 0.497 e. The Kier molecular flexibility index (Phi) is 6.12. The molecule has 0 atom stereocenters. The second-order valence-electron chi connectivity index (χ2n) is 8.61. The number of rotatable bonds is 7. The van der Waals surface area contributed by atoms with Crippen molar-refractivity contribution in [3.63, 3.8) is 0 Å². The van der Waals surface area contributed by atoms with E-state index in [-0.39, 0.29) is 18.1 Å². The lowest BCUT2D eigenvalue weighted by atomic mass is 10.0. The van der Waals surface area contributed by atoms with Crippen molar-refractivity contribution < 1.29 is 14.3 Å². The number of hydrogen-bond donors (Lipinski definition) is 1. The van der Waals surface area contributed by atoms with Crippen molar-refractivity contribution >= 4 is 28.3 Å². The predicted molar refractivity (Wildman–Crippen MR) is 137 cm³/mol. The van der Waals surface area contributed by atoms with Gasteiger partial charge in [0.15, 0.2) is 0 Å². The zero-order valence-electron chi connectivity index (χ0n) is 20.1. The molecule has 0 aliphatic carbocycles. The summed E-state index contributed by atoms with van der Waals surface area (Å²) in [5, 5.41) is 7.18. The summed E-state index contributed by atoms with van der Waals surface area (Å²) in [5.41, 5.74) is 2.63. The number of anilines is 1. The van der Waals surface area contributed by atoms with Gasteiger partial charge in [-0.05, 0) is 47.9 Å². The molecule has 0 aliphatic heterocycles. The molecule has 1 amide bonds. The molecule has 5 aromatic rings. The van der Waals surface area contributed by atoms with Gasteiger partial charge in [-0.2, -0.15) is 0 Å². The van der Waals surface area contributed by atoms with Gasteiger partial charge >= 0.3 is 5.69 Å². The minimum absolute atomic E-state index is 0.176. The number of ether oxygens (including phenoxy) is 2. The summed E-state index contributed by atoms with van der Waals surface area (Å²) in [6.45, 7) is 3.95. The van der Waals surface area contributed by atoms with Crippen LogP contribution in [0.25, 0.3) is 16.7 Å². The van der Waals surface area contributed by atoms with Gasteiger partial charge in [-0.1, -0.05) is 44.2 Å².